The van der Waals surface area contributed by atoms with Crippen molar-refractivity contribution in [2.75, 3.05) is 6.54 Å². The van der Waals surface area contributed by atoms with Gasteiger partial charge in [-0.3, -0.25) is 24.6 Å². The van der Waals surface area contributed by atoms with Crippen molar-refractivity contribution >= 4 is 23.6 Å². The van der Waals surface area contributed by atoms with Gasteiger partial charge in [-0.2, -0.15) is 0 Å². The van der Waals surface area contributed by atoms with Crippen LogP contribution in [0.2, 0.25) is 0 Å². The number of imide groups is 2. The standard InChI is InChI=1S/C7H6N2O4/c10-4-1-5(11)9-2-3(4)6(12)8-7(9)13/h3H,1-2H2,(H,8,12,13). The SMILES string of the molecule is O=C1CC(=O)N2CC1C(=O)NC2=O. The molecule has 1 unspecified atom stereocenters. The van der Waals surface area contributed by atoms with E-state index in [1.54, 1.807) is 0 Å². The number of nitrogens with zero attached hydrogens (tertiary/aromatic N) is 1. The van der Waals surface area contributed by atoms with Gasteiger partial charge in [-0.25, -0.2) is 4.79 Å². The van der Waals surface area contributed by atoms with E-state index in [4.69, 9.17) is 0 Å². The number of carbonyl (C=O) groups is 4. The Morgan fingerprint density at radius 2 is 1.92 bits per heavy atom. The Labute approximate surface area is 72.9 Å². The Balaban J connectivity index is 2.34. The van der Waals surface area contributed by atoms with E-state index in [1.807, 2.05) is 5.32 Å². The minimum absolute atomic E-state index is 0.0949. The van der Waals surface area contributed by atoms with Crippen molar-refractivity contribution in [3.63, 3.8) is 0 Å². The summed E-state index contributed by atoms with van der Waals surface area (Å²) in [4.78, 5) is 45.1. The third kappa shape index (κ3) is 1.02. The predicted molar refractivity (Wildman–Crippen MR) is 38.4 cm³/mol. The van der Waals surface area contributed by atoms with E-state index in [0.29, 0.717) is 0 Å². The summed E-state index contributed by atoms with van der Waals surface area (Å²) in [6, 6.07) is -0.723. The maximum atomic E-state index is 11.1. The molecule has 0 spiro atoms. The number of ketones is 1. The molecule has 68 valence electrons. The molecule has 2 bridgehead atoms. The first-order valence-electron chi connectivity index (χ1n) is 3.77. The van der Waals surface area contributed by atoms with Gasteiger partial charge in [0.2, 0.25) is 11.8 Å². The first-order valence-corrected chi connectivity index (χ1v) is 3.77. The molecule has 0 aliphatic carbocycles. The Morgan fingerprint density at radius 3 is 2.62 bits per heavy atom. The monoisotopic (exact) mass is 182 g/mol. The molecule has 1 atom stereocenters. The van der Waals surface area contributed by atoms with Gasteiger partial charge in [0.25, 0.3) is 0 Å². The van der Waals surface area contributed by atoms with Crippen molar-refractivity contribution < 1.29 is 19.2 Å². The summed E-state index contributed by atoms with van der Waals surface area (Å²) in [6.45, 7) is -0.0949. The zero-order chi connectivity index (χ0) is 9.59. The largest absolute Gasteiger partial charge is 0.330 e. The van der Waals surface area contributed by atoms with Crippen LogP contribution in [0.5, 0.6) is 0 Å². The molecule has 2 heterocycles. The highest BCUT2D eigenvalue weighted by Crippen LogP contribution is 2.18. The molecule has 2 rings (SSSR count). The number of rotatable bonds is 0. The number of Topliss-reactive ketones (excluding diaryl/α,β-unsaturated/α-hetero) is 1. The third-order valence-electron chi connectivity index (χ3n) is 2.17. The van der Waals surface area contributed by atoms with E-state index in [-0.39, 0.29) is 13.0 Å². The molecule has 6 nitrogen and oxygen atoms in total. The van der Waals surface area contributed by atoms with Crippen molar-refractivity contribution in [2.45, 2.75) is 6.42 Å². The average Bonchev–Trinajstić information content (AvgIpc) is 2.02. The number of carbonyl (C=O) groups excluding carboxylic acids is 4. The molecular formula is C7H6N2O4. The molecule has 6 heteroatoms. The summed E-state index contributed by atoms with van der Waals surface area (Å²) in [5.74, 6) is -2.40. The highest BCUT2D eigenvalue weighted by atomic mass is 16.2. The van der Waals surface area contributed by atoms with Crippen LogP contribution in [0.3, 0.4) is 0 Å². The molecular weight excluding hydrogens is 176 g/mol. The fourth-order valence-corrected chi connectivity index (χ4v) is 1.44. The van der Waals surface area contributed by atoms with Crippen molar-refractivity contribution in [3.8, 4) is 0 Å². The molecule has 2 aliphatic rings. The lowest BCUT2D eigenvalue weighted by atomic mass is 9.93. The Kier molecular flexibility index (Phi) is 1.45. The zero-order valence-corrected chi connectivity index (χ0v) is 6.57. The van der Waals surface area contributed by atoms with E-state index in [9.17, 15) is 19.2 Å². The second-order valence-corrected chi connectivity index (χ2v) is 2.99. The minimum Gasteiger partial charge on any atom is -0.298 e. The first-order chi connectivity index (χ1) is 6.09. The van der Waals surface area contributed by atoms with Crippen LogP contribution in [0.15, 0.2) is 0 Å². The fourth-order valence-electron chi connectivity index (χ4n) is 1.44. The van der Waals surface area contributed by atoms with Crippen molar-refractivity contribution in [1.82, 2.24) is 10.2 Å². The van der Waals surface area contributed by atoms with Gasteiger partial charge < -0.3 is 0 Å². The number of hydrogen-bond donors (Lipinski definition) is 1. The molecule has 2 fully saturated rings. The van der Waals surface area contributed by atoms with Gasteiger partial charge in [0.1, 0.15) is 5.92 Å². The van der Waals surface area contributed by atoms with E-state index >= 15 is 0 Å². The zero-order valence-electron chi connectivity index (χ0n) is 6.57. The van der Waals surface area contributed by atoms with E-state index in [0.717, 1.165) is 4.90 Å². The topological polar surface area (TPSA) is 83.6 Å². The summed E-state index contributed by atoms with van der Waals surface area (Å²) < 4.78 is 0. The minimum atomic E-state index is -0.851. The van der Waals surface area contributed by atoms with Gasteiger partial charge >= 0.3 is 6.03 Å². The maximum absolute atomic E-state index is 11.1. The molecule has 0 saturated carbocycles. The van der Waals surface area contributed by atoms with Crippen molar-refractivity contribution in [1.29, 1.82) is 0 Å². The molecule has 4 amide bonds. The number of piperidine rings is 1. The van der Waals surface area contributed by atoms with Gasteiger partial charge in [-0.15, -0.1) is 0 Å². The number of fused-ring (bicyclic) bond motifs is 2. The molecule has 0 aromatic heterocycles. The Morgan fingerprint density at radius 1 is 1.23 bits per heavy atom. The van der Waals surface area contributed by atoms with E-state index < -0.39 is 29.5 Å². The molecule has 13 heavy (non-hydrogen) atoms. The summed E-state index contributed by atoms with van der Waals surface area (Å²) in [7, 11) is 0. The first kappa shape index (κ1) is 7.90. The van der Waals surface area contributed by atoms with Crippen LogP contribution in [0.1, 0.15) is 6.42 Å². The Bertz CT molecular complexity index is 275. The number of hydrogen-bond acceptors (Lipinski definition) is 4. The Hall–Kier alpha value is -1.72. The molecule has 2 saturated heterocycles. The van der Waals surface area contributed by atoms with Crippen LogP contribution in [0, 0.1) is 5.92 Å². The molecule has 0 aromatic carbocycles. The number of urea groups is 1. The molecule has 0 radical (unpaired) electrons. The average molecular weight is 182 g/mol. The summed E-state index contributed by atoms with van der Waals surface area (Å²) >= 11 is 0. The fraction of sp³-hybridized carbons (Fsp3) is 0.429. The highest BCUT2D eigenvalue weighted by Gasteiger charge is 2.44. The van der Waals surface area contributed by atoms with Gasteiger partial charge in [-0.05, 0) is 0 Å². The normalized spacial score (nSPS) is 27.7. The second kappa shape index (κ2) is 2.38. The van der Waals surface area contributed by atoms with E-state index in [2.05, 4.69) is 0 Å². The summed E-state index contributed by atoms with van der Waals surface area (Å²) in [5, 5.41) is 1.95. The van der Waals surface area contributed by atoms with Crippen molar-refractivity contribution in [3.05, 3.63) is 0 Å². The molecule has 2 aliphatic heterocycles. The quantitative estimate of drug-likeness (QED) is 0.469. The number of nitrogens with one attached hydrogen (secondary N) is 1. The smallest absolute Gasteiger partial charge is 0.298 e. The van der Waals surface area contributed by atoms with Gasteiger partial charge in [-0.1, -0.05) is 0 Å². The van der Waals surface area contributed by atoms with Gasteiger partial charge in [0.05, 0.1) is 6.42 Å². The van der Waals surface area contributed by atoms with Crippen LogP contribution in [-0.4, -0.2) is 35.1 Å². The lowest BCUT2D eigenvalue weighted by Gasteiger charge is -2.33. The van der Waals surface area contributed by atoms with E-state index in [1.165, 1.54) is 0 Å². The summed E-state index contributed by atoms with van der Waals surface area (Å²) in [6.07, 6.45) is -0.343. The number of amides is 4. The highest BCUT2D eigenvalue weighted by molar-refractivity contribution is 6.20. The molecule has 1 N–H and O–H groups in total. The maximum Gasteiger partial charge on any atom is 0.330 e. The van der Waals surface area contributed by atoms with Crippen LogP contribution >= 0.6 is 0 Å². The third-order valence-corrected chi connectivity index (χ3v) is 2.17. The van der Waals surface area contributed by atoms with Crippen molar-refractivity contribution in [2.24, 2.45) is 5.92 Å². The van der Waals surface area contributed by atoms with Gasteiger partial charge in [0.15, 0.2) is 5.78 Å². The van der Waals surface area contributed by atoms with Crippen LogP contribution in [0.4, 0.5) is 4.79 Å². The summed E-state index contributed by atoms with van der Waals surface area (Å²) in [5.41, 5.74) is 0. The second-order valence-electron chi connectivity index (χ2n) is 2.99. The lowest BCUT2D eigenvalue weighted by molar-refractivity contribution is -0.146. The predicted octanol–water partition coefficient (Wildman–Crippen LogP) is -1.35. The lowest BCUT2D eigenvalue weighted by Crippen LogP contribution is -2.61. The van der Waals surface area contributed by atoms with Crippen LogP contribution in [-0.2, 0) is 14.4 Å². The van der Waals surface area contributed by atoms with Gasteiger partial charge in [0, 0.05) is 6.54 Å². The van der Waals surface area contributed by atoms with Crippen LogP contribution in [0.25, 0.3) is 0 Å². The molecule has 0 aromatic rings. The van der Waals surface area contributed by atoms with Crippen LogP contribution < -0.4 is 5.32 Å².